The maximum Gasteiger partial charge on any atom is 0.248 e. The van der Waals surface area contributed by atoms with Crippen LogP contribution >= 0.6 is 11.8 Å². The van der Waals surface area contributed by atoms with Crippen molar-refractivity contribution in [3.63, 3.8) is 0 Å². The summed E-state index contributed by atoms with van der Waals surface area (Å²) >= 11 is 1.70. The number of rotatable bonds is 4. The van der Waals surface area contributed by atoms with Crippen molar-refractivity contribution in [2.45, 2.75) is 4.90 Å². The Labute approximate surface area is 155 Å². The van der Waals surface area contributed by atoms with Gasteiger partial charge in [0.2, 0.25) is 5.91 Å². The highest BCUT2D eigenvalue weighted by atomic mass is 32.2. The van der Waals surface area contributed by atoms with Crippen molar-refractivity contribution in [2.24, 2.45) is 5.73 Å². The van der Waals surface area contributed by atoms with E-state index in [0.717, 1.165) is 27.9 Å². The first-order chi connectivity index (χ1) is 12.7. The number of hydrogen-bond donors (Lipinski definition) is 1. The van der Waals surface area contributed by atoms with Crippen LogP contribution in [0.2, 0.25) is 0 Å². The number of amides is 1. The maximum atomic E-state index is 11.6. The standard InChI is InChI=1S/C21H17N3OS/c1-26-17-9-7-14(8-10-17)19-18-13-16(21(22)25)11-12-24(18)23-20(19)15-5-3-2-4-6-15/h2-13H,1H3,(H2,22,25). The Morgan fingerprint density at radius 3 is 2.38 bits per heavy atom. The molecule has 0 saturated carbocycles. The molecule has 0 aliphatic carbocycles. The molecule has 1 amide bonds. The smallest absolute Gasteiger partial charge is 0.248 e. The molecule has 4 rings (SSSR count). The van der Waals surface area contributed by atoms with Gasteiger partial charge in [-0.3, -0.25) is 4.79 Å². The van der Waals surface area contributed by atoms with Crippen molar-refractivity contribution in [2.75, 3.05) is 6.26 Å². The first kappa shape index (κ1) is 16.4. The third kappa shape index (κ3) is 2.86. The van der Waals surface area contributed by atoms with Gasteiger partial charge in [-0.1, -0.05) is 42.5 Å². The molecular weight excluding hydrogens is 342 g/mol. The molecule has 0 fully saturated rings. The molecule has 128 valence electrons. The van der Waals surface area contributed by atoms with Crippen LogP contribution in [0.25, 0.3) is 27.9 Å². The van der Waals surface area contributed by atoms with Crippen molar-refractivity contribution in [1.82, 2.24) is 9.61 Å². The van der Waals surface area contributed by atoms with E-state index in [9.17, 15) is 4.79 Å². The van der Waals surface area contributed by atoms with Crippen LogP contribution in [0.1, 0.15) is 10.4 Å². The zero-order valence-electron chi connectivity index (χ0n) is 14.2. The zero-order chi connectivity index (χ0) is 18.1. The molecule has 0 bridgehead atoms. The van der Waals surface area contributed by atoms with E-state index in [4.69, 9.17) is 10.8 Å². The third-order valence-corrected chi connectivity index (χ3v) is 5.09. The van der Waals surface area contributed by atoms with Gasteiger partial charge >= 0.3 is 0 Å². The van der Waals surface area contributed by atoms with Gasteiger partial charge < -0.3 is 5.73 Å². The number of fused-ring (bicyclic) bond motifs is 1. The molecule has 0 aliphatic heterocycles. The number of pyridine rings is 1. The number of benzene rings is 2. The topological polar surface area (TPSA) is 60.4 Å². The molecule has 2 aromatic heterocycles. The van der Waals surface area contributed by atoms with Crippen molar-refractivity contribution in [3.05, 3.63) is 78.5 Å². The second kappa shape index (κ2) is 6.69. The van der Waals surface area contributed by atoms with E-state index >= 15 is 0 Å². The molecule has 4 aromatic rings. The highest BCUT2D eigenvalue weighted by Gasteiger charge is 2.17. The number of nitrogens with zero attached hydrogens (tertiary/aromatic N) is 2. The largest absolute Gasteiger partial charge is 0.366 e. The van der Waals surface area contributed by atoms with Crippen LogP contribution in [0, 0.1) is 0 Å². The van der Waals surface area contributed by atoms with Gasteiger partial charge in [0, 0.05) is 27.8 Å². The van der Waals surface area contributed by atoms with Crippen LogP contribution in [0.15, 0.2) is 77.8 Å². The third-order valence-electron chi connectivity index (χ3n) is 4.35. The zero-order valence-corrected chi connectivity index (χ0v) is 15.0. The highest BCUT2D eigenvalue weighted by molar-refractivity contribution is 7.98. The summed E-state index contributed by atoms with van der Waals surface area (Å²) in [5.74, 6) is -0.446. The molecule has 0 spiro atoms. The van der Waals surface area contributed by atoms with E-state index in [-0.39, 0.29) is 0 Å². The van der Waals surface area contributed by atoms with Gasteiger partial charge in [0.05, 0.1) is 5.52 Å². The number of carbonyl (C=O) groups excluding carboxylic acids is 1. The lowest BCUT2D eigenvalue weighted by atomic mass is 9.99. The highest BCUT2D eigenvalue weighted by Crippen LogP contribution is 2.36. The van der Waals surface area contributed by atoms with Crippen molar-refractivity contribution in [3.8, 4) is 22.4 Å². The number of carbonyl (C=O) groups is 1. The monoisotopic (exact) mass is 359 g/mol. The summed E-state index contributed by atoms with van der Waals surface area (Å²) in [6.07, 6.45) is 3.83. The van der Waals surface area contributed by atoms with Gasteiger partial charge in [-0.25, -0.2) is 4.52 Å². The summed E-state index contributed by atoms with van der Waals surface area (Å²) < 4.78 is 1.80. The van der Waals surface area contributed by atoms with Crippen LogP contribution in [-0.2, 0) is 0 Å². The van der Waals surface area contributed by atoms with Crippen molar-refractivity contribution in [1.29, 1.82) is 0 Å². The average molecular weight is 359 g/mol. The maximum absolute atomic E-state index is 11.6. The quantitative estimate of drug-likeness (QED) is 0.546. The summed E-state index contributed by atoms with van der Waals surface area (Å²) in [6.45, 7) is 0. The lowest BCUT2D eigenvalue weighted by Gasteiger charge is -2.06. The number of thioether (sulfide) groups is 1. The second-order valence-electron chi connectivity index (χ2n) is 5.93. The van der Waals surface area contributed by atoms with Crippen LogP contribution in [0.4, 0.5) is 0 Å². The summed E-state index contributed by atoms with van der Waals surface area (Å²) in [4.78, 5) is 12.8. The Kier molecular flexibility index (Phi) is 4.22. The molecule has 26 heavy (non-hydrogen) atoms. The Balaban J connectivity index is 2.02. The van der Waals surface area contributed by atoms with E-state index in [2.05, 4.69) is 30.5 Å². The van der Waals surface area contributed by atoms with E-state index in [1.54, 1.807) is 34.6 Å². The molecular formula is C21H17N3OS. The van der Waals surface area contributed by atoms with E-state index in [1.807, 2.05) is 30.3 Å². The lowest BCUT2D eigenvalue weighted by Crippen LogP contribution is -2.11. The second-order valence-corrected chi connectivity index (χ2v) is 6.81. The SMILES string of the molecule is CSc1ccc(-c2c(-c3ccccc3)nn3ccc(C(N)=O)cc23)cc1. The minimum atomic E-state index is -0.446. The van der Waals surface area contributed by atoms with Gasteiger partial charge in [-0.05, 0) is 36.1 Å². The fourth-order valence-corrected chi connectivity index (χ4v) is 3.45. The molecule has 0 atom stereocenters. The first-order valence-electron chi connectivity index (χ1n) is 8.19. The van der Waals surface area contributed by atoms with Gasteiger partial charge in [-0.2, -0.15) is 5.10 Å². The number of aromatic nitrogens is 2. The summed E-state index contributed by atoms with van der Waals surface area (Å²) in [5, 5.41) is 4.76. The molecule has 0 radical (unpaired) electrons. The number of hydrogen-bond acceptors (Lipinski definition) is 3. The summed E-state index contributed by atoms with van der Waals surface area (Å²) in [7, 11) is 0. The van der Waals surface area contributed by atoms with Crippen LogP contribution in [-0.4, -0.2) is 21.8 Å². The summed E-state index contributed by atoms with van der Waals surface area (Å²) in [6, 6.07) is 21.9. The molecule has 5 heteroatoms. The van der Waals surface area contributed by atoms with Crippen LogP contribution < -0.4 is 5.73 Å². The molecule has 0 saturated heterocycles. The predicted molar refractivity (Wildman–Crippen MR) is 106 cm³/mol. The predicted octanol–water partition coefficient (Wildman–Crippen LogP) is 4.49. The van der Waals surface area contributed by atoms with Gasteiger partial charge in [0.25, 0.3) is 0 Å². The fourth-order valence-electron chi connectivity index (χ4n) is 3.04. The minimum Gasteiger partial charge on any atom is -0.366 e. The van der Waals surface area contributed by atoms with E-state index in [0.29, 0.717) is 5.56 Å². The molecule has 2 heterocycles. The first-order valence-corrected chi connectivity index (χ1v) is 9.42. The van der Waals surface area contributed by atoms with Gasteiger partial charge in [0.15, 0.2) is 0 Å². The number of nitrogens with two attached hydrogens (primary N) is 1. The van der Waals surface area contributed by atoms with Crippen LogP contribution in [0.5, 0.6) is 0 Å². The van der Waals surface area contributed by atoms with Crippen LogP contribution in [0.3, 0.4) is 0 Å². The lowest BCUT2D eigenvalue weighted by molar-refractivity contribution is 0.100. The Bertz CT molecular complexity index is 1090. The fraction of sp³-hybridized carbons (Fsp3) is 0.0476. The number of primary amides is 1. The summed E-state index contributed by atoms with van der Waals surface area (Å²) in [5.41, 5.74) is 10.8. The minimum absolute atomic E-state index is 0.446. The molecule has 2 aromatic carbocycles. The molecule has 0 aliphatic rings. The normalized spacial score (nSPS) is 11.0. The van der Waals surface area contributed by atoms with E-state index < -0.39 is 5.91 Å². The molecule has 4 nitrogen and oxygen atoms in total. The van der Waals surface area contributed by atoms with Crippen molar-refractivity contribution < 1.29 is 4.79 Å². The van der Waals surface area contributed by atoms with Gasteiger partial charge in [-0.15, -0.1) is 11.8 Å². The Morgan fingerprint density at radius 2 is 1.73 bits per heavy atom. The van der Waals surface area contributed by atoms with E-state index in [1.165, 1.54) is 4.90 Å². The average Bonchev–Trinajstić information content (AvgIpc) is 3.07. The van der Waals surface area contributed by atoms with Gasteiger partial charge in [0.1, 0.15) is 5.69 Å². The molecule has 0 unspecified atom stereocenters. The van der Waals surface area contributed by atoms with Crippen molar-refractivity contribution >= 4 is 23.2 Å². The Hall–Kier alpha value is -3.05. The molecule has 2 N–H and O–H groups in total. The Morgan fingerprint density at radius 1 is 1.00 bits per heavy atom.